The number of nitrogens with one attached hydrogen (secondary N) is 2. The smallest absolute Gasteiger partial charge is 0.223 e. The molecule has 3 rings (SSSR count). The van der Waals surface area contributed by atoms with Gasteiger partial charge < -0.3 is 25.2 Å². The Morgan fingerprint density at radius 1 is 1.17 bits per heavy atom. The van der Waals surface area contributed by atoms with Crippen molar-refractivity contribution in [3.63, 3.8) is 0 Å². The van der Waals surface area contributed by atoms with E-state index in [0.29, 0.717) is 26.1 Å². The third-order valence-corrected chi connectivity index (χ3v) is 5.43. The number of rotatable bonds is 7. The molecule has 1 aromatic rings. The maximum absolute atomic E-state index is 12.4. The molecular formula is C22H30N2O5. The van der Waals surface area contributed by atoms with E-state index in [1.54, 1.807) is 6.08 Å². The highest BCUT2D eigenvalue weighted by atomic mass is 16.5. The first-order chi connectivity index (χ1) is 14.1. The van der Waals surface area contributed by atoms with Crippen molar-refractivity contribution < 1.29 is 24.2 Å². The molecule has 2 aliphatic rings. The Morgan fingerprint density at radius 3 is 2.59 bits per heavy atom. The first-order valence-corrected chi connectivity index (χ1v) is 10.2. The lowest BCUT2D eigenvalue weighted by atomic mass is 9.97. The summed E-state index contributed by atoms with van der Waals surface area (Å²) in [5.74, 6) is -0.241. The van der Waals surface area contributed by atoms with E-state index in [0.717, 1.165) is 5.56 Å². The Morgan fingerprint density at radius 2 is 1.90 bits per heavy atom. The summed E-state index contributed by atoms with van der Waals surface area (Å²) in [6.45, 7) is 2.89. The van der Waals surface area contributed by atoms with Gasteiger partial charge in [0, 0.05) is 19.1 Å². The molecule has 0 aliphatic carbocycles. The minimum absolute atomic E-state index is 0.0436. The van der Waals surface area contributed by atoms with E-state index in [1.807, 2.05) is 43.3 Å². The molecule has 3 N–H and O–H groups in total. The van der Waals surface area contributed by atoms with Gasteiger partial charge in [-0.25, -0.2) is 0 Å². The molecule has 0 aromatic heterocycles. The maximum atomic E-state index is 12.4. The minimum Gasteiger partial charge on any atom is -0.394 e. The summed E-state index contributed by atoms with van der Waals surface area (Å²) >= 11 is 0. The number of carbonyl (C=O) groups excluding carboxylic acids is 2. The number of aliphatic hydroxyl groups is 1. The van der Waals surface area contributed by atoms with Crippen molar-refractivity contribution in [1.82, 2.24) is 10.6 Å². The summed E-state index contributed by atoms with van der Waals surface area (Å²) in [6, 6.07) is 9.24. The van der Waals surface area contributed by atoms with Crippen molar-refractivity contribution in [2.45, 2.75) is 50.5 Å². The van der Waals surface area contributed by atoms with Crippen molar-refractivity contribution in [2.24, 2.45) is 5.92 Å². The summed E-state index contributed by atoms with van der Waals surface area (Å²) in [5, 5.41) is 15.6. The van der Waals surface area contributed by atoms with Crippen LogP contribution in [0.1, 0.15) is 37.8 Å². The second-order valence-corrected chi connectivity index (χ2v) is 7.61. The van der Waals surface area contributed by atoms with Crippen LogP contribution < -0.4 is 10.6 Å². The number of carbonyl (C=O) groups is 2. The molecule has 4 atom stereocenters. The van der Waals surface area contributed by atoms with Gasteiger partial charge in [-0.1, -0.05) is 42.5 Å². The summed E-state index contributed by atoms with van der Waals surface area (Å²) < 4.78 is 11.1. The standard InChI is InChI=1S/C22H30N2O5/c1-15(16-5-3-2-4-6-16)23-21(26)13-18-7-8-19(20(14-25)29-18)24-22(27)17-9-11-28-12-10-17/h2-8,15,17-20,25H,9-14H2,1H3,(H,23,26)(H,24,27)/t15-,18+,19-,20+/m0/s1. The van der Waals surface area contributed by atoms with Crippen LogP contribution in [0.5, 0.6) is 0 Å². The molecule has 158 valence electrons. The van der Waals surface area contributed by atoms with Crippen LogP contribution >= 0.6 is 0 Å². The molecule has 2 aliphatic heterocycles. The zero-order valence-electron chi connectivity index (χ0n) is 16.8. The van der Waals surface area contributed by atoms with Crippen LogP contribution in [0, 0.1) is 5.92 Å². The zero-order chi connectivity index (χ0) is 20.6. The lowest BCUT2D eigenvalue weighted by Gasteiger charge is -2.33. The van der Waals surface area contributed by atoms with E-state index >= 15 is 0 Å². The van der Waals surface area contributed by atoms with Crippen LogP contribution in [0.2, 0.25) is 0 Å². The topological polar surface area (TPSA) is 96.9 Å². The fraction of sp³-hybridized carbons (Fsp3) is 0.545. The number of amides is 2. The van der Waals surface area contributed by atoms with E-state index in [1.165, 1.54) is 0 Å². The number of aliphatic hydroxyl groups excluding tert-OH is 1. The van der Waals surface area contributed by atoms with E-state index in [2.05, 4.69) is 10.6 Å². The molecule has 1 aromatic carbocycles. The van der Waals surface area contributed by atoms with Crippen LogP contribution in [0.25, 0.3) is 0 Å². The highest BCUT2D eigenvalue weighted by Gasteiger charge is 2.31. The fourth-order valence-corrected chi connectivity index (χ4v) is 3.69. The Labute approximate surface area is 171 Å². The lowest BCUT2D eigenvalue weighted by molar-refractivity contribution is -0.132. The fourth-order valence-electron chi connectivity index (χ4n) is 3.69. The van der Waals surface area contributed by atoms with Gasteiger partial charge in [0.1, 0.15) is 6.10 Å². The molecule has 0 spiro atoms. The van der Waals surface area contributed by atoms with Gasteiger partial charge in [-0.15, -0.1) is 0 Å². The SMILES string of the molecule is C[C@H](NC(=O)C[C@H]1C=C[C@H](NC(=O)C2CCOCC2)[C@@H](CO)O1)c1ccccc1. The van der Waals surface area contributed by atoms with Crippen LogP contribution in [0.4, 0.5) is 0 Å². The molecule has 0 radical (unpaired) electrons. The third-order valence-electron chi connectivity index (χ3n) is 5.43. The van der Waals surface area contributed by atoms with Gasteiger partial charge in [0.2, 0.25) is 11.8 Å². The quantitative estimate of drug-likeness (QED) is 0.601. The minimum atomic E-state index is -0.576. The van der Waals surface area contributed by atoms with E-state index < -0.39 is 18.2 Å². The predicted molar refractivity (Wildman–Crippen MR) is 108 cm³/mol. The number of hydrogen-bond donors (Lipinski definition) is 3. The van der Waals surface area contributed by atoms with Crippen LogP contribution in [-0.4, -0.2) is 55.0 Å². The molecule has 2 amide bonds. The largest absolute Gasteiger partial charge is 0.394 e. The molecule has 0 unspecified atom stereocenters. The van der Waals surface area contributed by atoms with Gasteiger partial charge in [0.15, 0.2) is 0 Å². The van der Waals surface area contributed by atoms with Gasteiger partial charge >= 0.3 is 0 Å². The summed E-state index contributed by atoms with van der Waals surface area (Å²) in [5.41, 5.74) is 1.03. The van der Waals surface area contributed by atoms with Crippen LogP contribution in [0.3, 0.4) is 0 Å². The van der Waals surface area contributed by atoms with Gasteiger partial charge in [-0.3, -0.25) is 9.59 Å². The highest BCUT2D eigenvalue weighted by molar-refractivity contribution is 5.79. The first-order valence-electron chi connectivity index (χ1n) is 10.2. The lowest BCUT2D eigenvalue weighted by Crippen LogP contribution is -2.51. The maximum Gasteiger partial charge on any atom is 0.223 e. The summed E-state index contributed by atoms with van der Waals surface area (Å²) in [4.78, 5) is 24.8. The third kappa shape index (κ3) is 6.13. The van der Waals surface area contributed by atoms with Crippen molar-refractivity contribution in [3.8, 4) is 0 Å². The number of ether oxygens (including phenoxy) is 2. The second-order valence-electron chi connectivity index (χ2n) is 7.61. The van der Waals surface area contributed by atoms with E-state index in [-0.39, 0.29) is 36.8 Å². The number of hydrogen-bond acceptors (Lipinski definition) is 5. The monoisotopic (exact) mass is 402 g/mol. The van der Waals surface area contributed by atoms with Crippen molar-refractivity contribution in [1.29, 1.82) is 0 Å². The van der Waals surface area contributed by atoms with Crippen LogP contribution in [-0.2, 0) is 19.1 Å². The normalized spacial score (nSPS) is 25.9. The van der Waals surface area contributed by atoms with Crippen molar-refractivity contribution in [2.75, 3.05) is 19.8 Å². The average molecular weight is 402 g/mol. The van der Waals surface area contributed by atoms with E-state index in [9.17, 15) is 14.7 Å². The van der Waals surface area contributed by atoms with Crippen molar-refractivity contribution >= 4 is 11.8 Å². The molecule has 29 heavy (non-hydrogen) atoms. The van der Waals surface area contributed by atoms with Gasteiger partial charge in [-0.05, 0) is 25.3 Å². The molecule has 0 bridgehead atoms. The molecule has 1 fully saturated rings. The predicted octanol–water partition coefficient (Wildman–Crippen LogP) is 1.48. The second kappa shape index (κ2) is 10.5. The van der Waals surface area contributed by atoms with Crippen LogP contribution in [0.15, 0.2) is 42.5 Å². The Kier molecular flexibility index (Phi) is 7.80. The van der Waals surface area contributed by atoms with Gasteiger partial charge in [-0.2, -0.15) is 0 Å². The zero-order valence-corrected chi connectivity index (χ0v) is 16.8. The summed E-state index contributed by atoms with van der Waals surface area (Å²) in [7, 11) is 0. The number of benzene rings is 1. The highest BCUT2D eigenvalue weighted by Crippen LogP contribution is 2.19. The Hall–Kier alpha value is -2.22. The molecule has 1 saturated heterocycles. The van der Waals surface area contributed by atoms with Gasteiger partial charge in [0.05, 0.1) is 31.2 Å². The Balaban J connectivity index is 1.51. The average Bonchev–Trinajstić information content (AvgIpc) is 2.75. The molecular weight excluding hydrogens is 372 g/mol. The van der Waals surface area contributed by atoms with E-state index in [4.69, 9.17) is 9.47 Å². The first kappa shape index (κ1) is 21.5. The molecule has 2 heterocycles. The van der Waals surface area contributed by atoms with Crippen molar-refractivity contribution in [3.05, 3.63) is 48.0 Å². The summed E-state index contributed by atoms with van der Waals surface area (Å²) in [6.07, 6.45) is 4.16. The molecule has 7 nitrogen and oxygen atoms in total. The Bertz CT molecular complexity index is 702. The van der Waals surface area contributed by atoms with Gasteiger partial charge in [0.25, 0.3) is 0 Å². The molecule has 0 saturated carbocycles. The molecule has 7 heteroatoms.